The van der Waals surface area contributed by atoms with Gasteiger partial charge in [0.05, 0.1) is 5.75 Å². The molecule has 19 heavy (non-hydrogen) atoms. The van der Waals surface area contributed by atoms with Gasteiger partial charge in [-0.1, -0.05) is 18.2 Å². The summed E-state index contributed by atoms with van der Waals surface area (Å²) in [6, 6.07) is 3.72. The van der Waals surface area contributed by atoms with Gasteiger partial charge in [0.15, 0.2) is 0 Å². The van der Waals surface area contributed by atoms with E-state index >= 15 is 0 Å². The number of hydrogen-bond acceptors (Lipinski definition) is 3. The van der Waals surface area contributed by atoms with Crippen molar-refractivity contribution in [3.05, 3.63) is 29.8 Å². The highest BCUT2D eigenvalue weighted by Crippen LogP contribution is 2.32. The van der Waals surface area contributed by atoms with Crippen LogP contribution < -0.4 is 4.74 Å². The lowest BCUT2D eigenvalue weighted by atomic mass is 10.2. The smallest absolute Gasteiger partial charge is 0.405 e. The van der Waals surface area contributed by atoms with Crippen LogP contribution in [-0.4, -0.2) is 20.3 Å². The summed E-state index contributed by atoms with van der Waals surface area (Å²) in [7, 11) is -5.58. The summed E-state index contributed by atoms with van der Waals surface area (Å²) in [4.78, 5) is 0. The van der Waals surface area contributed by atoms with Crippen LogP contribution in [0, 0.1) is 0 Å². The summed E-state index contributed by atoms with van der Waals surface area (Å²) in [6.07, 6.45) is -5.13. The number of sulfone groups is 1. The van der Waals surface area contributed by atoms with Crippen LogP contribution in [0.2, 0.25) is 0 Å². The molecule has 1 aromatic rings. The van der Waals surface area contributed by atoms with E-state index in [1.54, 1.807) is 0 Å². The first-order valence-electron chi connectivity index (χ1n) is 4.55. The number of hydrogen-bond donors (Lipinski definition) is 0. The maximum Gasteiger partial charge on any atom is 0.573 e. The SMILES string of the molecule is O=S(=O)(Cc1ccccc1OC(F)(F)F)C(F)(F)F. The lowest BCUT2D eigenvalue weighted by Crippen LogP contribution is -2.25. The minimum atomic E-state index is -5.58. The highest BCUT2D eigenvalue weighted by Gasteiger charge is 2.46. The molecule has 0 saturated carbocycles. The summed E-state index contributed by atoms with van der Waals surface area (Å²) < 4.78 is 97.6. The van der Waals surface area contributed by atoms with Crippen LogP contribution in [0.4, 0.5) is 26.3 Å². The van der Waals surface area contributed by atoms with Crippen LogP contribution in [0.3, 0.4) is 0 Å². The molecule has 1 aromatic carbocycles. The van der Waals surface area contributed by atoms with Crippen molar-refractivity contribution in [1.82, 2.24) is 0 Å². The van der Waals surface area contributed by atoms with Gasteiger partial charge in [-0.2, -0.15) is 13.2 Å². The van der Waals surface area contributed by atoms with E-state index in [4.69, 9.17) is 0 Å². The van der Waals surface area contributed by atoms with Crippen LogP contribution >= 0.6 is 0 Å². The maximum atomic E-state index is 12.1. The maximum absolute atomic E-state index is 12.1. The zero-order valence-corrected chi connectivity index (χ0v) is 9.73. The van der Waals surface area contributed by atoms with Gasteiger partial charge in [0, 0.05) is 5.56 Å². The molecule has 0 aromatic heterocycles. The number of benzene rings is 1. The Bertz CT molecular complexity index is 546. The van der Waals surface area contributed by atoms with E-state index in [9.17, 15) is 34.8 Å². The van der Waals surface area contributed by atoms with E-state index in [2.05, 4.69) is 4.74 Å². The van der Waals surface area contributed by atoms with Gasteiger partial charge in [0.25, 0.3) is 9.84 Å². The van der Waals surface area contributed by atoms with Gasteiger partial charge < -0.3 is 4.74 Å². The molecular formula is C9H6F6O3S. The molecule has 0 radical (unpaired) electrons. The van der Waals surface area contributed by atoms with Crippen molar-refractivity contribution >= 4 is 9.84 Å². The predicted molar refractivity (Wildman–Crippen MR) is 51.8 cm³/mol. The van der Waals surface area contributed by atoms with Crippen molar-refractivity contribution in [1.29, 1.82) is 0 Å². The molecule has 0 saturated heterocycles. The molecule has 0 aliphatic heterocycles. The second-order valence-electron chi connectivity index (χ2n) is 3.36. The Morgan fingerprint density at radius 3 is 2.00 bits per heavy atom. The van der Waals surface area contributed by atoms with Crippen LogP contribution in [0.1, 0.15) is 5.56 Å². The number of rotatable bonds is 3. The molecule has 0 aliphatic rings. The Morgan fingerprint density at radius 1 is 1.00 bits per heavy atom. The number of ether oxygens (including phenoxy) is 1. The highest BCUT2D eigenvalue weighted by molar-refractivity contribution is 7.91. The average molecular weight is 308 g/mol. The van der Waals surface area contributed by atoms with E-state index < -0.39 is 38.8 Å². The summed E-state index contributed by atoms with van der Waals surface area (Å²) in [6.45, 7) is 0. The summed E-state index contributed by atoms with van der Waals surface area (Å²) in [5.41, 5.74) is -6.27. The van der Waals surface area contributed by atoms with E-state index in [0.717, 1.165) is 24.3 Å². The lowest BCUT2D eigenvalue weighted by Gasteiger charge is -2.14. The van der Waals surface area contributed by atoms with Crippen LogP contribution in [-0.2, 0) is 15.6 Å². The second-order valence-corrected chi connectivity index (χ2v) is 5.34. The molecule has 0 N–H and O–H groups in total. The molecule has 0 heterocycles. The molecule has 0 amide bonds. The minimum absolute atomic E-state index is 0.725. The van der Waals surface area contributed by atoms with Gasteiger partial charge in [0.2, 0.25) is 0 Å². The Morgan fingerprint density at radius 2 is 1.53 bits per heavy atom. The quantitative estimate of drug-likeness (QED) is 0.806. The highest BCUT2D eigenvalue weighted by atomic mass is 32.2. The van der Waals surface area contributed by atoms with Gasteiger partial charge in [-0.25, -0.2) is 8.42 Å². The first-order chi connectivity index (χ1) is 8.42. The van der Waals surface area contributed by atoms with Crippen molar-refractivity contribution in [3.8, 4) is 5.75 Å². The summed E-state index contributed by atoms with van der Waals surface area (Å²) >= 11 is 0. The van der Waals surface area contributed by atoms with Gasteiger partial charge >= 0.3 is 11.9 Å². The Balaban J connectivity index is 3.10. The standard InChI is InChI=1S/C9H6F6O3S/c10-8(11,12)18-7-4-2-1-3-6(7)5-19(16,17)9(13,14)15/h1-4H,5H2. The predicted octanol–water partition coefficient (Wildman–Crippen LogP) is 3.02. The van der Waals surface area contributed by atoms with Crippen LogP contribution in [0.25, 0.3) is 0 Å². The first kappa shape index (κ1) is 15.6. The molecule has 0 fully saturated rings. The normalized spacial score (nSPS) is 13.4. The Kier molecular flexibility index (Phi) is 4.03. The van der Waals surface area contributed by atoms with E-state index in [1.807, 2.05) is 0 Å². The van der Waals surface area contributed by atoms with Crippen molar-refractivity contribution < 1.29 is 39.5 Å². The summed E-state index contributed by atoms with van der Waals surface area (Å²) in [5, 5.41) is 0. The monoisotopic (exact) mass is 308 g/mol. The molecular weight excluding hydrogens is 302 g/mol. The van der Waals surface area contributed by atoms with Crippen LogP contribution in [0.5, 0.6) is 5.75 Å². The number of para-hydroxylation sites is 1. The van der Waals surface area contributed by atoms with E-state index in [-0.39, 0.29) is 0 Å². The fraction of sp³-hybridized carbons (Fsp3) is 0.333. The molecule has 10 heteroatoms. The molecule has 0 aliphatic carbocycles. The van der Waals surface area contributed by atoms with E-state index in [1.165, 1.54) is 0 Å². The third kappa shape index (κ3) is 4.30. The fourth-order valence-corrected chi connectivity index (χ4v) is 1.95. The van der Waals surface area contributed by atoms with Gasteiger partial charge in [0.1, 0.15) is 5.75 Å². The molecule has 0 atom stereocenters. The van der Waals surface area contributed by atoms with Gasteiger partial charge in [-0.05, 0) is 6.07 Å². The third-order valence-corrected chi connectivity index (χ3v) is 3.29. The van der Waals surface area contributed by atoms with Crippen molar-refractivity contribution in [3.63, 3.8) is 0 Å². The largest absolute Gasteiger partial charge is 0.573 e. The Labute approximate surface area is 103 Å². The molecule has 108 valence electrons. The van der Waals surface area contributed by atoms with Crippen molar-refractivity contribution in [2.24, 2.45) is 0 Å². The lowest BCUT2D eigenvalue weighted by molar-refractivity contribution is -0.274. The summed E-state index contributed by atoms with van der Waals surface area (Å²) in [5.74, 6) is -2.61. The minimum Gasteiger partial charge on any atom is -0.405 e. The zero-order valence-electron chi connectivity index (χ0n) is 8.92. The topological polar surface area (TPSA) is 43.4 Å². The number of halogens is 6. The molecule has 3 nitrogen and oxygen atoms in total. The van der Waals surface area contributed by atoms with Crippen molar-refractivity contribution in [2.45, 2.75) is 17.6 Å². The van der Waals surface area contributed by atoms with Crippen molar-refractivity contribution in [2.75, 3.05) is 0 Å². The fourth-order valence-electron chi connectivity index (χ4n) is 1.13. The first-order valence-corrected chi connectivity index (χ1v) is 6.20. The average Bonchev–Trinajstić information content (AvgIpc) is 2.16. The van der Waals surface area contributed by atoms with Crippen LogP contribution in [0.15, 0.2) is 24.3 Å². The molecule has 0 bridgehead atoms. The van der Waals surface area contributed by atoms with Gasteiger partial charge in [-0.15, -0.1) is 13.2 Å². The molecule has 1 rings (SSSR count). The zero-order chi connectivity index (χ0) is 14.9. The Hall–Kier alpha value is -1.45. The molecule has 0 spiro atoms. The number of alkyl halides is 6. The third-order valence-electron chi connectivity index (χ3n) is 1.90. The van der Waals surface area contributed by atoms with E-state index in [0.29, 0.717) is 0 Å². The second kappa shape index (κ2) is 4.91. The van der Waals surface area contributed by atoms with Gasteiger partial charge in [-0.3, -0.25) is 0 Å². The molecule has 0 unspecified atom stereocenters.